The predicted molar refractivity (Wildman–Crippen MR) is 60.4 cm³/mol. The summed E-state index contributed by atoms with van der Waals surface area (Å²) >= 11 is 0. The van der Waals surface area contributed by atoms with Crippen LogP contribution in [-0.2, 0) is 14.3 Å². The average molecular weight is 282 g/mol. The van der Waals surface area contributed by atoms with E-state index in [4.69, 9.17) is 0 Å². The SMILES string of the molecule is Cc1ccc(C(C)OS(=O)(=O)C(F)(F)F)cc1C. The van der Waals surface area contributed by atoms with E-state index in [0.29, 0.717) is 5.56 Å². The molecule has 0 aliphatic heterocycles. The van der Waals surface area contributed by atoms with E-state index in [0.717, 1.165) is 11.1 Å². The number of halogens is 3. The summed E-state index contributed by atoms with van der Waals surface area (Å²) in [5.41, 5.74) is -3.20. The fourth-order valence-corrected chi connectivity index (χ4v) is 1.92. The molecule has 0 bridgehead atoms. The van der Waals surface area contributed by atoms with Gasteiger partial charge in [-0.15, -0.1) is 0 Å². The monoisotopic (exact) mass is 282 g/mol. The molecule has 0 N–H and O–H groups in total. The quantitative estimate of drug-likeness (QED) is 0.631. The van der Waals surface area contributed by atoms with E-state index >= 15 is 0 Å². The molecule has 18 heavy (non-hydrogen) atoms. The fraction of sp³-hybridized carbons (Fsp3) is 0.455. The van der Waals surface area contributed by atoms with Gasteiger partial charge in [0.1, 0.15) is 0 Å². The highest BCUT2D eigenvalue weighted by Gasteiger charge is 2.48. The first kappa shape index (κ1) is 15.0. The van der Waals surface area contributed by atoms with E-state index in [2.05, 4.69) is 4.18 Å². The minimum Gasteiger partial charge on any atom is -0.255 e. The van der Waals surface area contributed by atoms with E-state index in [1.54, 1.807) is 25.1 Å². The highest BCUT2D eigenvalue weighted by atomic mass is 32.2. The predicted octanol–water partition coefficient (Wildman–Crippen LogP) is 3.23. The van der Waals surface area contributed by atoms with Crippen LogP contribution in [0.1, 0.15) is 29.7 Å². The van der Waals surface area contributed by atoms with Crippen LogP contribution in [0.5, 0.6) is 0 Å². The second-order valence-electron chi connectivity index (χ2n) is 3.98. The summed E-state index contributed by atoms with van der Waals surface area (Å²) in [5, 5.41) is 0. The zero-order valence-corrected chi connectivity index (χ0v) is 10.9. The third-order valence-corrected chi connectivity index (χ3v) is 3.66. The summed E-state index contributed by atoms with van der Waals surface area (Å²) in [4.78, 5) is 0. The molecule has 0 saturated heterocycles. The maximum absolute atomic E-state index is 12.1. The largest absolute Gasteiger partial charge is 0.523 e. The third-order valence-electron chi connectivity index (χ3n) is 2.55. The molecule has 0 fully saturated rings. The van der Waals surface area contributed by atoms with Crippen molar-refractivity contribution in [1.29, 1.82) is 0 Å². The third kappa shape index (κ3) is 3.23. The number of hydrogen-bond acceptors (Lipinski definition) is 3. The Morgan fingerprint density at radius 1 is 1.17 bits per heavy atom. The second-order valence-corrected chi connectivity index (χ2v) is 5.55. The Morgan fingerprint density at radius 2 is 1.72 bits per heavy atom. The maximum atomic E-state index is 12.1. The van der Waals surface area contributed by atoms with Crippen LogP contribution in [-0.4, -0.2) is 13.9 Å². The van der Waals surface area contributed by atoms with Gasteiger partial charge in [0.25, 0.3) is 0 Å². The topological polar surface area (TPSA) is 43.4 Å². The van der Waals surface area contributed by atoms with Crippen molar-refractivity contribution in [3.05, 3.63) is 34.9 Å². The van der Waals surface area contributed by atoms with Gasteiger partial charge in [0.05, 0.1) is 6.10 Å². The van der Waals surface area contributed by atoms with E-state index in [-0.39, 0.29) is 0 Å². The molecule has 0 radical (unpaired) electrons. The first-order valence-electron chi connectivity index (χ1n) is 5.11. The molecule has 102 valence electrons. The second kappa shape index (κ2) is 4.89. The molecule has 0 amide bonds. The molecule has 1 aromatic carbocycles. The smallest absolute Gasteiger partial charge is 0.255 e. The van der Waals surface area contributed by atoms with Crippen LogP contribution >= 0.6 is 0 Å². The van der Waals surface area contributed by atoms with Gasteiger partial charge in [-0.3, -0.25) is 4.18 Å². The van der Waals surface area contributed by atoms with Crippen LogP contribution in [0.4, 0.5) is 13.2 Å². The zero-order chi connectivity index (χ0) is 14.1. The Kier molecular flexibility index (Phi) is 4.07. The molecule has 1 atom stereocenters. The number of alkyl halides is 3. The molecular formula is C11H13F3O3S. The molecular weight excluding hydrogens is 269 g/mol. The van der Waals surface area contributed by atoms with Gasteiger partial charge in [-0.2, -0.15) is 21.6 Å². The first-order chi connectivity index (χ1) is 8.04. The molecule has 1 aromatic rings. The lowest BCUT2D eigenvalue weighted by molar-refractivity contribution is -0.0569. The van der Waals surface area contributed by atoms with Crippen molar-refractivity contribution in [1.82, 2.24) is 0 Å². The standard InChI is InChI=1S/C11H13F3O3S/c1-7-4-5-10(6-8(7)2)9(3)17-18(15,16)11(12,13)14/h4-6,9H,1-3H3. The van der Waals surface area contributed by atoms with Crippen LogP contribution in [0, 0.1) is 13.8 Å². The molecule has 0 heterocycles. The van der Waals surface area contributed by atoms with E-state index in [9.17, 15) is 21.6 Å². The lowest BCUT2D eigenvalue weighted by Crippen LogP contribution is -2.26. The van der Waals surface area contributed by atoms with E-state index < -0.39 is 21.7 Å². The van der Waals surface area contributed by atoms with Crippen LogP contribution in [0.3, 0.4) is 0 Å². The minimum absolute atomic E-state index is 0.380. The molecule has 7 heteroatoms. The number of aryl methyl sites for hydroxylation is 2. The molecule has 1 unspecified atom stereocenters. The van der Waals surface area contributed by atoms with Crippen LogP contribution in [0.25, 0.3) is 0 Å². The summed E-state index contributed by atoms with van der Waals surface area (Å²) in [5.74, 6) is 0. The van der Waals surface area contributed by atoms with Gasteiger partial charge < -0.3 is 0 Å². The lowest BCUT2D eigenvalue weighted by atomic mass is 10.0. The Bertz CT molecular complexity index is 535. The molecule has 3 nitrogen and oxygen atoms in total. The van der Waals surface area contributed by atoms with Gasteiger partial charge >= 0.3 is 15.6 Å². The van der Waals surface area contributed by atoms with Crippen molar-refractivity contribution in [2.45, 2.75) is 32.4 Å². The van der Waals surface area contributed by atoms with Crippen molar-refractivity contribution in [2.75, 3.05) is 0 Å². The van der Waals surface area contributed by atoms with E-state index in [1.807, 2.05) is 6.92 Å². The summed E-state index contributed by atoms with van der Waals surface area (Å²) in [6, 6.07) is 4.84. The Morgan fingerprint density at radius 3 is 2.17 bits per heavy atom. The molecule has 0 aliphatic rings. The highest BCUT2D eigenvalue weighted by molar-refractivity contribution is 7.87. The van der Waals surface area contributed by atoms with E-state index in [1.165, 1.54) is 6.92 Å². The molecule has 0 aliphatic carbocycles. The summed E-state index contributed by atoms with van der Waals surface area (Å²) < 4.78 is 62.2. The maximum Gasteiger partial charge on any atom is 0.523 e. The Labute approximate surface area is 104 Å². The average Bonchev–Trinajstić information content (AvgIpc) is 2.19. The Hall–Kier alpha value is -1.08. The first-order valence-corrected chi connectivity index (χ1v) is 6.52. The highest BCUT2D eigenvalue weighted by Crippen LogP contribution is 2.30. The summed E-state index contributed by atoms with van der Waals surface area (Å²) in [6.07, 6.45) is -1.18. The van der Waals surface area contributed by atoms with Crippen molar-refractivity contribution in [3.8, 4) is 0 Å². The Balaban J connectivity index is 2.96. The number of benzene rings is 1. The summed E-state index contributed by atoms with van der Waals surface area (Å²) in [7, 11) is -5.57. The van der Waals surface area contributed by atoms with Gasteiger partial charge in [0, 0.05) is 0 Å². The normalized spacial score (nSPS) is 14.6. The van der Waals surface area contributed by atoms with Gasteiger partial charge in [-0.25, -0.2) is 0 Å². The van der Waals surface area contributed by atoms with Crippen LogP contribution in [0.15, 0.2) is 18.2 Å². The van der Waals surface area contributed by atoms with Crippen LogP contribution in [0.2, 0.25) is 0 Å². The molecule has 0 saturated carbocycles. The number of hydrogen-bond donors (Lipinski definition) is 0. The van der Waals surface area contributed by atoms with Crippen LogP contribution < -0.4 is 0 Å². The van der Waals surface area contributed by atoms with Gasteiger partial charge in [0.15, 0.2) is 0 Å². The van der Waals surface area contributed by atoms with Crippen molar-refractivity contribution in [2.24, 2.45) is 0 Å². The molecule has 0 aromatic heterocycles. The van der Waals surface area contributed by atoms with Crippen molar-refractivity contribution >= 4 is 10.1 Å². The lowest BCUT2D eigenvalue weighted by Gasteiger charge is -2.15. The van der Waals surface area contributed by atoms with Crippen molar-refractivity contribution in [3.63, 3.8) is 0 Å². The molecule has 1 rings (SSSR count). The van der Waals surface area contributed by atoms with Gasteiger partial charge in [-0.05, 0) is 37.5 Å². The number of rotatable bonds is 3. The van der Waals surface area contributed by atoms with Gasteiger partial charge in [0.2, 0.25) is 0 Å². The van der Waals surface area contributed by atoms with Crippen molar-refractivity contribution < 1.29 is 25.8 Å². The summed E-state index contributed by atoms with van der Waals surface area (Å²) in [6.45, 7) is 4.88. The molecule has 0 spiro atoms. The minimum atomic E-state index is -5.57. The zero-order valence-electron chi connectivity index (χ0n) is 10.1. The fourth-order valence-electron chi connectivity index (χ4n) is 1.32. The van der Waals surface area contributed by atoms with Gasteiger partial charge in [-0.1, -0.05) is 18.2 Å².